The molecule has 0 N–H and O–H groups in total. The van der Waals surface area contributed by atoms with Crippen LogP contribution in [0.4, 0.5) is 9.18 Å². The fourth-order valence-corrected chi connectivity index (χ4v) is 3.80. The van der Waals surface area contributed by atoms with E-state index in [2.05, 4.69) is 11.8 Å². The zero-order valence-electron chi connectivity index (χ0n) is 17.2. The molecule has 0 aromatic heterocycles. The summed E-state index contributed by atoms with van der Waals surface area (Å²) in [6.07, 6.45) is 18.6. The summed E-state index contributed by atoms with van der Waals surface area (Å²) in [5.74, 6) is -0.352. The first-order valence-electron chi connectivity index (χ1n) is 10.5. The lowest BCUT2D eigenvalue weighted by Gasteiger charge is -2.20. The van der Waals surface area contributed by atoms with Crippen molar-refractivity contribution in [1.29, 1.82) is 0 Å². The summed E-state index contributed by atoms with van der Waals surface area (Å²) in [6.45, 7) is 0.570. The molecule has 1 atom stereocenters. The van der Waals surface area contributed by atoms with Crippen molar-refractivity contribution in [3.8, 4) is 0 Å². The molecule has 31 heavy (non-hydrogen) atoms. The van der Waals surface area contributed by atoms with E-state index in [-0.39, 0.29) is 6.61 Å². The molecule has 1 fully saturated rings. The third kappa shape index (κ3) is 5.04. The lowest BCUT2D eigenvalue weighted by molar-refractivity contribution is -0.123. The van der Waals surface area contributed by atoms with Gasteiger partial charge in [0.1, 0.15) is 25.1 Å². The van der Waals surface area contributed by atoms with Crippen molar-refractivity contribution in [3.05, 3.63) is 88.7 Å². The van der Waals surface area contributed by atoms with E-state index in [4.69, 9.17) is 9.47 Å². The molecule has 6 heteroatoms. The fraction of sp³-hybridized carbons (Fsp3) is 0.320. The van der Waals surface area contributed by atoms with Crippen LogP contribution in [0.15, 0.2) is 88.7 Å². The van der Waals surface area contributed by atoms with Gasteiger partial charge in [0.05, 0.1) is 5.76 Å². The average Bonchev–Trinajstić information content (AvgIpc) is 3.19. The van der Waals surface area contributed by atoms with Crippen molar-refractivity contribution in [2.45, 2.75) is 38.1 Å². The molecule has 5 nitrogen and oxygen atoms in total. The fourth-order valence-electron chi connectivity index (χ4n) is 3.80. The highest BCUT2D eigenvalue weighted by molar-refractivity contribution is 6.00. The highest BCUT2D eigenvalue weighted by Gasteiger charge is 2.39. The summed E-state index contributed by atoms with van der Waals surface area (Å²) in [6, 6.07) is -0.486. The smallest absolute Gasteiger partial charge is 0.417 e. The van der Waals surface area contributed by atoms with Gasteiger partial charge < -0.3 is 9.47 Å². The molecule has 1 aliphatic heterocycles. The summed E-state index contributed by atoms with van der Waals surface area (Å²) >= 11 is 0. The molecule has 4 aliphatic rings. The highest BCUT2D eigenvalue weighted by Crippen LogP contribution is 2.28. The van der Waals surface area contributed by atoms with Crippen LogP contribution in [0.5, 0.6) is 0 Å². The molecule has 1 unspecified atom stereocenters. The molecule has 0 aromatic rings. The summed E-state index contributed by atoms with van der Waals surface area (Å²) in [5.41, 5.74) is 5.48. The van der Waals surface area contributed by atoms with Crippen LogP contribution < -0.4 is 0 Å². The number of cyclic esters (lactones) is 1. The number of imide groups is 1. The molecule has 160 valence electrons. The molecule has 1 saturated heterocycles. The summed E-state index contributed by atoms with van der Waals surface area (Å²) in [5, 5.41) is 0. The Morgan fingerprint density at radius 3 is 2.94 bits per heavy atom. The van der Waals surface area contributed by atoms with Crippen LogP contribution >= 0.6 is 0 Å². The number of carbonyl (C=O) groups excluding carboxylic acids is 2. The van der Waals surface area contributed by atoms with Crippen LogP contribution in [-0.4, -0.2) is 36.2 Å². The van der Waals surface area contributed by atoms with E-state index in [0.717, 1.165) is 23.3 Å². The molecule has 0 radical (unpaired) electrons. The van der Waals surface area contributed by atoms with Gasteiger partial charge in [-0.2, -0.15) is 0 Å². The Morgan fingerprint density at radius 1 is 1.29 bits per heavy atom. The summed E-state index contributed by atoms with van der Waals surface area (Å²) in [4.78, 5) is 25.8. The van der Waals surface area contributed by atoms with E-state index in [1.807, 2.05) is 24.3 Å². The largest absolute Gasteiger partial charge is 0.493 e. The SMILES string of the molecule is O=C(/C=C/C1=C(F)C=C(OCC2=CC=CCC2)CC1)N1C(=O)OCC1C1=C=CC=CC1. The minimum atomic E-state index is -0.691. The Bertz CT molecular complexity index is 1020. The maximum Gasteiger partial charge on any atom is 0.417 e. The van der Waals surface area contributed by atoms with Gasteiger partial charge in [-0.1, -0.05) is 36.5 Å². The predicted octanol–water partition coefficient (Wildman–Crippen LogP) is 5.13. The van der Waals surface area contributed by atoms with Gasteiger partial charge in [-0.15, -0.1) is 5.73 Å². The molecule has 1 heterocycles. The van der Waals surface area contributed by atoms with E-state index in [0.29, 0.717) is 37.2 Å². The number of nitrogens with zero attached hydrogens (tertiary/aromatic N) is 1. The van der Waals surface area contributed by atoms with E-state index in [1.54, 1.807) is 6.08 Å². The van der Waals surface area contributed by atoms with Crippen LogP contribution in [0.1, 0.15) is 32.1 Å². The highest BCUT2D eigenvalue weighted by atomic mass is 19.1. The second-order valence-corrected chi connectivity index (χ2v) is 7.67. The van der Waals surface area contributed by atoms with Gasteiger partial charge in [0, 0.05) is 24.1 Å². The zero-order valence-corrected chi connectivity index (χ0v) is 17.2. The number of hydrogen-bond acceptors (Lipinski definition) is 4. The number of rotatable bonds is 6. The van der Waals surface area contributed by atoms with Crippen molar-refractivity contribution in [3.63, 3.8) is 0 Å². The van der Waals surface area contributed by atoms with Crippen LogP contribution in [0.2, 0.25) is 0 Å². The molecular weight excluding hydrogens is 397 g/mol. The van der Waals surface area contributed by atoms with Crippen LogP contribution in [0.3, 0.4) is 0 Å². The van der Waals surface area contributed by atoms with Gasteiger partial charge in [-0.05, 0) is 42.9 Å². The molecular formula is C25H24FNO4. The van der Waals surface area contributed by atoms with E-state index in [9.17, 15) is 14.0 Å². The van der Waals surface area contributed by atoms with Crippen molar-refractivity contribution >= 4 is 12.0 Å². The molecule has 0 aromatic carbocycles. The third-order valence-corrected chi connectivity index (χ3v) is 5.56. The molecule has 4 rings (SSSR count). The Labute approximate surface area is 180 Å². The van der Waals surface area contributed by atoms with Crippen molar-refractivity contribution in [2.24, 2.45) is 0 Å². The average molecular weight is 421 g/mol. The Kier molecular flexibility index (Phi) is 6.48. The Hall–Kier alpha value is -3.37. The van der Waals surface area contributed by atoms with Gasteiger partial charge in [0.25, 0.3) is 5.91 Å². The van der Waals surface area contributed by atoms with E-state index < -0.39 is 23.9 Å². The molecule has 0 bridgehead atoms. The van der Waals surface area contributed by atoms with E-state index >= 15 is 0 Å². The molecule has 0 saturated carbocycles. The molecule has 2 amide bonds. The molecule has 0 spiro atoms. The number of halogens is 1. The number of hydrogen-bond donors (Lipinski definition) is 0. The number of allylic oxidation sites excluding steroid dienone is 10. The van der Waals surface area contributed by atoms with Gasteiger partial charge >= 0.3 is 6.09 Å². The van der Waals surface area contributed by atoms with Gasteiger partial charge in [0.2, 0.25) is 0 Å². The summed E-state index contributed by atoms with van der Waals surface area (Å²) < 4.78 is 25.4. The minimum absolute atomic E-state index is 0.106. The second-order valence-electron chi connectivity index (χ2n) is 7.67. The van der Waals surface area contributed by atoms with Crippen molar-refractivity contribution < 1.29 is 23.5 Å². The monoisotopic (exact) mass is 421 g/mol. The summed E-state index contributed by atoms with van der Waals surface area (Å²) in [7, 11) is 0. The first kappa shape index (κ1) is 20.9. The van der Waals surface area contributed by atoms with E-state index in [1.165, 1.54) is 23.8 Å². The topological polar surface area (TPSA) is 55.8 Å². The van der Waals surface area contributed by atoms with Crippen molar-refractivity contribution in [1.82, 2.24) is 4.90 Å². The maximum atomic E-state index is 14.5. The number of carbonyl (C=O) groups is 2. The molecule has 3 aliphatic carbocycles. The van der Waals surface area contributed by atoms with Gasteiger partial charge in [-0.3, -0.25) is 4.79 Å². The minimum Gasteiger partial charge on any atom is -0.493 e. The normalized spacial score (nSPS) is 23.1. The Balaban J connectivity index is 1.40. The predicted molar refractivity (Wildman–Crippen MR) is 114 cm³/mol. The number of ether oxygens (including phenoxy) is 2. The van der Waals surface area contributed by atoms with Gasteiger partial charge in [-0.25, -0.2) is 14.1 Å². The van der Waals surface area contributed by atoms with Crippen LogP contribution in [0.25, 0.3) is 0 Å². The third-order valence-electron chi connectivity index (χ3n) is 5.56. The maximum absolute atomic E-state index is 14.5. The standard InChI is InChI=1S/C25H24FNO4/c26-22-15-21(30-16-18-7-3-1-4-8-18)13-11-19(22)12-14-24(28)27-23(17-31-25(27)29)20-9-5-2-6-10-20/h1-3,5-7,12,14-15,23H,4,8-9,11,13,16-17H2/b14-12+. The lowest BCUT2D eigenvalue weighted by atomic mass is 10.0. The van der Waals surface area contributed by atoms with Gasteiger partial charge in [0.15, 0.2) is 0 Å². The zero-order chi connectivity index (χ0) is 21.6. The van der Waals surface area contributed by atoms with Crippen LogP contribution in [0, 0.1) is 0 Å². The number of amides is 2. The second kappa shape index (κ2) is 9.63. The van der Waals surface area contributed by atoms with Crippen molar-refractivity contribution in [2.75, 3.05) is 13.2 Å². The first-order valence-corrected chi connectivity index (χ1v) is 10.5. The quantitative estimate of drug-likeness (QED) is 0.441. The van der Waals surface area contributed by atoms with Crippen LogP contribution in [-0.2, 0) is 14.3 Å². The lowest BCUT2D eigenvalue weighted by Crippen LogP contribution is -2.39. The Morgan fingerprint density at radius 2 is 2.19 bits per heavy atom. The first-order chi connectivity index (χ1) is 15.1.